The van der Waals surface area contributed by atoms with Gasteiger partial charge in [-0.25, -0.2) is 0 Å². The summed E-state index contributed by atoms with van der Waals surface area (Å²) in [4.78, 5) is 0. The third-order valence-electron chi connectivity index (χ3n) is 2.46. The normalized spacial score (nSPS) is 15.8. The van der Waals surface area contributed by atoms with Gasteiger partial charge in [-0.2, -0.15) is 0 Å². The first-order valence-corrected chi connectivity index (χ1v) is 4.57. The van der Waals surface area contributed by atoms with Gasteiger partial charge >= 0.3 is 0 Å². The van der Waals surface area contributed by atoms with Gasteiger partial charge in [-0.05, 0) is 24.2 Å². The predicted octanol–water partition coefficient (Wildman–Crippen LogP) is 2.53. The van der Waals surface area contributed by atoms with Crippen LogP contribution < -0.4 is 0 Å². The molecule has 0 heterocycles. The molecule has 0 saturated heterocycles. The zero-order chi connectivity index (χ0) is 8.15. The van der Waals surface area contributed by atoms with Crippen LogP contribution in [0.1, 0.15) is 47.5 Å². The molecule has 0 amide bonds. The van der Waals surface area contributed by atoms with Gasteiger partial charge in [0.2, 0.25) is 0 Å². The van der Waals surface area contributed by atoms with Crippen LogP contribution in [0.3, 0.4) is 0 Å². The molecule has 2 atom stereocenters. The van der Waals surface area contributed by atoms with E-state index in [9.17, 15) is 0 Å². The zero-order valence-electron chi connectivity index (χ0n) is 8.15. The van der Waals surface area contributed by atoms with E-state index in [1.807, 2.05) is 0 Å². The van der Waals surface area contributed by atoms with Gasteiger partial charge in [0, 0.05) is 0 Å². The van der Waals surface area contributed by atoms with Gasteiger partial charge in [0.05, 0.1) is 0 Å². The summed E-state index contributed by atoms with van der Waals surface area (Å²) in [5.74, 6) is 2.68. The van der Waals surface area contributed by atoms with Crippen molar-refractivity contribution in [1.29, 1.82) is 0 Å². The summed E-state index contributed by atoms with van der Waals surface area (Å²) in [5.41, 5.74) is 0. The van der Waals surface area contributed by atoms with Crippen molar-refractivity contribution in [2.24, 2.45) is 17.8 Å². The monoisotopic (exact) mass is 172 g/mol. The Labute approximate surface area is 82.9 Å². The summed E-state index contributed by atoms with van der Waals surface area (Å²) in [7, 11) is 0. The molecule has 0 nitrogen and oxygen atoms in total. The largest absolute Gasteiger partial charge is 0.187 e. The highest BCUT2D eigenvalue weighted by Crippen LogP contribution is 2.21. The second-order valence-electron chi connectivity index (χ2n) is 3.99. The molecule has 0 aromatic heterocycles. The number of hydrogen-bond acceptors (Lipinski definition) is 0. The number of hydrogen-bond donors (Lipinski definition) is 0. The lowest BCUT2D eigenvalue weighted by atomic mass is 9.87. The molecule has 0 aromatic carbocycles. The van der Waals surface area contributed by atoms with E-state index in [4.69, 9.17) is 0 Å². The molecule has 1 heteroatoms. The van der Waals surface area contributed by atoms with Crippen molar-refractivity contribution < 1.29 is 0 Å². The molecular weight excluding hydrogens is 147 g/mol. The van der Waals surface area contributed by atoms with Crippen LogP contribution in [0.15, 0.2) is 0 Å². The van der Waals surface area contributed by atoms with Crippen molar-refractivity contribution in [3.05, 3.63) is 0 Å². The Hall–Kier alpha value is 0.532. The average Bonchev–Trinajstić information content (AvgIpc) is 1.85. The van der Waals surface area contributed by atoms with Crippen molar-refractivity contribution in [2.75, 3.05) is 0 Å². The van der Waals surface area contributed by atoms with E-state index < -0.39 is 0 Å². The zero-order valence-corrected chi connectivity index (χ0v) is 8.15. The molecule has 0 saturated carbocycles. The second-order valence-corrected chi connectivity index (χ2v) is 3.99. The highest BCUT2D eigenvalue weighted by atomic mass is 27.0. The lowest BCUT2D eigenvalue weighted by Crippen LogP contribution is -2.09. The first-order valence-electron chi connectivity index (χ1n) is 4.57. The molecule has 0 N–H and O–H groups in total. The van der Waals surface area contributed by atoms with Gasteiger partial charge in [0.1, 0.15) is 0 Å². The fraction of sp³-hybridized carbons (Fsp3) is 1.00. The van der Waals surface area contributed by atoms with Crippen LogP contribution in [-0.4, -0.2) is 17.4 Å². The molecule has 0 aliphatic carbocycles. The molecular formula is C10H25Al. The van der Waals surface area contributed by atoms with Crippen molar-refractivity contribution >= 4 is 17.4 Å². The van der Waals surface area contributed by atoms with Gasteiger partial charge in [0.25, 0.3) is 0 Å². The van der Waals surface area contributed by atoms with Crippen LogP contribution in [0.2, 0.25) is 0 Å². The lowest BCUT2D eigenvalue weighted by molar-refractivity contribution is 0.316. The predicted molar refractivity (Wildman–Crippen MR) is 58.0 cm³/mol. The Balaban J connectivity index is 0. The van der Waals surface area contributed by atoms with Crippen LogP contribution in [-0.2, 0) is 0 Å². The minimum atomic E-state index is 0. The van der Waals surface area contributed by atoms with Crippen molar-refractivity contribution in [3.8, 4) is 0 Å². The molecule has 0 aliphatic rings. The number of rotatable bonds is 4. The lowest BCUT2D eigenvalue weighted by Gasteiger charge is -2.19. The Morgan fingerprint density at radius 1 is 0.909 bits per heavy atom. The molecule has 11 heavy (non-hydrogen) atoms. The minimum Gasteiger partial charge on any atom is -0.0651 e. The molecule has 68 valence electrons. The van der Waals surface area contributed by atoms with Gasteiger partial charge in [0.15, 0.2) is 17.4 Å². The Morgan fingerprint density at radius 3 is 1.64 bits per heavy atom. The Bertz CT molecular complexity index is 78.9. The molecule has 0 rings (SSSR count). The molecule has 0 fully saturated rings. The van der Waals surface area contributed by atoms with Crippen LogP contribution in [0.4, 0.5) is 0 Å². The van der Waals surface area contributed by atoms with E-state index in [0.717, 1.165) is 17.8 Å². The fourth-order valence-electron chi connectivity index (χ4n) is 1.38. The van der Waals surface area contributed by atoms with E-state index in [0.29, 0.717) is 0 Å². The van der Waals surface area contributed by atoms with Crippen molar-refractivity contribution in [1.82, 2.24) is 0 Å². The summed E-state index contributed by atoms with van der Waals surface area (Å²) in [6.07, 6.45) is 2.71. The highest BCUT2D eigenvalue weighted by Gasteiger charge is 2.10. The maximum Gasteiger partial charge on any atom is 0.187 e. The summed E-state index contributed by atoms with van der Waals surface area (Å²) < 4.78 is 0. The van der Waals surface area contributed by atoms with Crippen LogP contribution in [0.25, 0.3) is 0 Å². The topological polar surface area (TPSA) is 0 Å². The Morgan fingerprint density at radius 2 is 1.36 bits per heavy atom. The van der Waals surface area contributed by atoms with E-state index in [1.165, 1.54) is 12.8 Å². The second kappa shape index (κ2) is 7.20. The highest BCUT2D eigenvalue weighted by molar-refractivity contribution is 5.75. The maximum absolute atomic E-state index is 2.37. The van der Waals surface area contributed by atoms with Crippen molar-refractivity contribution in [2.45, 2.75) is 47.5 Å². The Kier molecular flexibility index (Phi) is 9.21. The molecule has 0 aliphatic heterocycles. The first kappa shape index (κ1) is 14.1. The summed E-state index contributed by atoms with van der Waals surface area (Å²) in [6.45, 7) is 11.6. The third-order valence-corrected chi connectivity index (χ3v) is 2.46. The summed E-state index contributed by atoms with van der Waals surface area (Å²) in [6, 6.07) is 0. The standard InChI is InChI=1S/C10H22.Al.3H/c1-6-9(4)10(5)7-8(2)3;;;;/h8-10H,6-7H2,1-5H3;;;;. The van der Waals surface area contributed by atoms with Crippen LogP contribution in [0, 0.1) is 17.8 Å². The molecule has 2 unspecified atom stereocenters. The van der Waals surface area contributed by atoms with E-state index in [1.54, 1.807) is 0 Å². The van der Waals surface area contributed by atoms with E-state index in [-0.39, 0.29) is 17.4 Å². The molecule has 0 bridgehead atoms. The van der Waals surface area contributed by atoms with Crippen LogP contribution >= 0.6 is 0 Å². The first-order chi connectivity index (χ1) is 4.57. The van der Waals surface area contributed by atoms with Gasteiger partial charge < -0.3 is 0 Å². The molecule has 0 aromatic rings. The minimum absolute atomic E-state index is 0. The van der Waals surface area contributed by atoms with E-state index >= 15 is 0 Å². The summed E-state index contributed by atoms with van der Waals surface area (Å²) in [5, 5.41) is 0. The summed E-state index contributed by atoms with van der Waals surface area (Å²) >= 11 is 0. The fourth-order valence-corrected chi connectivity index (χ4v) is 1.38. The van der Waals surface area contributed by atoms with Gasteiger partial charge in [-0.1, -0.05) is 41.0 Å². The quantitative estimate of drug-likeness (QED) is 0.572. The average molecular weight is 172 g/mol. The van der Waals surface area contributed by atoms with Crippen molar-refractivity contribution in [3.63, 3.8) is 0 Å². The molecule has 0 radical (unpaired) electrons. The third kappa shape index (κ3) is 6.91. The van der Waals surface area contributed by atoms with E-state index in [2.05, 4.69) is 34.6 Å². The smallest absolute Gasteiger partial charge is 0.0651 e. The van der Waals surface area contributed by atoms with Crippen LogP contribution in [0.5, 0.6) is 0 Å². The van der Waals surface area contributed by atoms with Gasteiger partial charge in [-0.15, -0.1) is 0 Å². The SMILES string of the molecule is CCC(C)C(C)CC(C)C.[AlH3]. The van der Waals surface area contributed by atoms with Gasteiger partial charge in [-0.3, -0.25) is 0 Å². The molecule has 0 spiro atoms. The maximum atomic E-state index is 2.37.